The van der Waals surface area contributed by atoms with Gasteiger partial charge >= 0.3 is 0 Å². The number of aromatic amines is 1. The summed E-state index contributed by atoms with van der Waals surface area (Å²) in [6, 6.07) is 9.80. The van der Waals surface area contributed by atoms with E-state index in [1.807, 2.05) is 18.2 Å². The second-order valence-corrected chi connectivity index (χ2v) is 8.51. The van der Waals surface area contributed by atoms with Crippen LogP contribution in [-0.2, 0) is 4.79 Å². The lowest BCUT2D eigenvalue weighted by Crippen LogP contribution is -2.45. The van der Waals surface area contributed by atoms with Gasteiger partial charge < -0.3 is 15.2 Å². The van der Waals surface area contributed by atoms with Gasteiger partial charge in [0, 0.05) is 29.9 Å². The zero-order valence-corrected chi connectivity index (χ0v) is 18.4. The van der Waals surface area contributed by atoms with Crippen molar-refractivity contribution < 1.29 is 4.79 Å². The van der Waals surface area contributed by atoms with Gasteiger partial charge in [0.15, 0.2) is 0 Å². The first-order valence-electron chi connectivity index (χ1n) is 11.2. The number of pyridine rings is 2. The van der Waals surface area contributed by atoms with Crippen LogP contribution < -0.4 is 10.9 Å². The lowest BCUT2D eigenvalue weighted by atomic mass is 10.0. The van der Waals surface area contributed by atoms with Crippen LogP contribution in [0.15, 0.2) is 41.3 Å². The van der Waals surface area contributed by atoms with Crippen LogP contribution >= 0.6 is 0 Å². The van der Waals surface area contributed by atoms with Crippen LogP contribution in [0.2, 0.25) is 0 Å². The fraction of sp³-hybridized carbons (Fsp3) is 0.458. The van der Waals surface area contributed by atoms with Gasteiger partial charge in [-0.1, -0.05) is 31.5 Å². The standard InChI is InChI=1S/C24H31N5O2/c1-3-4-11-28(2)18-9-12-29(13-10-18)16-22(30)26-17-14-21-23(25-15-17)19-7-5-6-8-20(19)24(31)27-21/h5-8,14-15,18H,3-4,9-13,16H2,1-2H3,(H,26,30)(H,27,31). The maximum absolute atomic E-state index is 12.6. The van der Waals surface area contributed by atoms with E-state index in [2.05, 4.69) is 39.1 Å². The first kappa shape index (κ1) is 21.5. The highest BCUT2D eigenvalue weighted by atomic mass is 16.2. The van der Waals surface area contributed by atoms with Gasteiger partial charge in [-0.25, -0.2) is 0 Å². The lowest BCUT2D eigenvalue weighted by Gasteiger charge is -2.36. The number of nitrogens with one attached hydrogen (secondary N) is 2. The van der Waals surface area contributed by atoms with E-state index >= 15 is 0 Å². The smallest absolute Gasteiger partial charge is 0.256 e. The molecule has 164 valence electrons. The van der Waals surface area contributed by atoms with Gasteiger partial charge in [-0.15, -0.1) is 0 Å². The van der Waals surface area contributed by atoms with Gasteiger partial charge in [0.1, 0.15) is 0 Å². The molecule has 0 saturated carbocycles. The Morgan fingerprint density at radius 3 is 2.74 bits per heavy atom. The van der Waals surface area contributed by atoms with Crippen LogP contribution in [0, 0.1) is 0 Å². The van der Waals surface area contributed by atoms with Crippen molar-refractivity contribution in [3.05, 3.63) is 46.9 Å². The molecule has 1 aliphatic heterocycles. The van der Waals surface area contributed by atoms with E-state index in [0.717, 1.165) is 43.4 Å². The Kier molecular flexibility index (Phi) is 6.63. The number of piperidine rings is 1. The monoisotopic (exact) mass is 421 g/mol. The topological polar surface area (TPSA) is 81.3 Å². The summed E-state index contributed by atoms with van der Waals surface area (Å²) in [5, 5.41) is 4.36. The number of amides is 1. The maximum atomic E-state index is 12.6. The zero-order valence-electron chi connectivity index (χ0n) is 18.4. The van der Waals surface area contributed by atoms with Gasteiger partial charge in [0.2, 0.25) is 5.91 Å². The van der Waals surface area contributed by atoms with E-state index in [-0.39, 0.29) is 11.5 Å². The number of carbonyl (C=O) groups is 1. The summed E-state index contributed by atoms with van der Waals surface area (Å²) in [6.07, 6.45) is 6.30. The SMILES string of the molecule is CCCCN(C)C1CCN(CC(=O)Nc2cnc3c(c2)[nH]c(=O)c2ccccc23)CC1. The largest absolute Gasteiger partial charge is 0.324 e. The Balaban J connectivity index is 1.37. The average Bonchev–Trinajstić information content (AvgIpc) is 2.78. The maximum Gasteiger partial charge on any atom is 0.256 e. The third kappa shape index (κ3) is 4.94. The van der Waals surface area contributed by atoms with Crippen molar-refractivity contribution in [1.82, 2.24) is 19.8 Å². The third-order valence-electron chi connectivity index (χ3n) is 6.26. The van der Waals surface area contributed by atoms with Crippen molar-refractivity contribution in [3.8, 4) is 0 Å². The van der Waals surface area contributed by atoms with E-state index in [0.29, 0.717) is 29.2 Å². The van der Waals surface area contributed by atoms with Crippen molar-refractivity contribution in [1.29, 1.82) is 0 Å². The van der Waals surface area contributed by atoms with Crippen molar-refractivity contribution in [2.45, 2.75) is 38.6 Å². The second-order valence-electron chi connectivity index (χ2n) is 8.51. The molecule has 3 heterocycles. The summed E-state index contributed by atoms with van der Waals surface area (Å²) >= 11 is 0. The second kappa shape index (κ2) is 9.58. The number of unbranched alkanes of at least 4 members (excludes halogenated alkanes) is 1. The molecule has 1 saturated heterocycles. The van der Waals surface area contributed by atoms with Gasteiger partial charge in [0.25, 0.3) is 5.56 Å². The van der Waals surface area contributed by atoms with Gasteiger partial charge in [-0.2, -0.15) is 0 Å². The number of hydrogen-bond acceptors (Lipinski definition) is 5. The molecule has 1 fully saturated rings. The molecule has 3 aromatic rings. The summed E-state index contributed by atoms with van der Waals surface area (Å²) in [6.45, 7) is 5.61. The quantitative estimate of drug-likeness (QED) is 0.573. The Morgan fingerprint density at radius 1 is 1.26 bits per heavy atom. The molecule has 31 heavy (non-hydrogen) atoms. The summed E-state index contributed by atoms with van der Waals surface area (Å²) in [5.41, 5.74) is 1.79. The molecule has 2 N–H and O–H groups in total. The highest BCUT2D eigenvalue weighted by molar-refractivity contribution is 6.04. The van der Waals surface area contributed by atoms with Crippen molar-refractivity contribution in [2.24, 2.45) is 0 Å². The number of nitrogens with zero attached hydrogens (tertiary/aromatic N) is 3. The predicted octanol–water partition coefficient (Wildman–Crippen LogP) is 3.21. The molecule has 1 aromatic carbocycles. The molecule has 7 heteroatoms. The van der Waals surface area contributed by atoms with Crippen LogP contribution in [0.4, 0.5) is 5.69 Å². The number of rotatable bonds is 7. The third-order valence-corrected chi connectivity index (χ3v) is 6.26. The molecule has 0 radical (unpaired) electrons. The lowest BCUT2D eigenvalue weighted by molar-refractivity contribution is -0.117. The fourth-order valence-corrected chi connectivity index (χ4v) is 4.43. The number of anilines is 1. The molecule has 0 atom stereocenters. The van der Waals surface area contributed by atoms with E-state index in [4.69, 9.17) is 0 Å². The van der Waals surface area contributed by atoms with Gasteiger partial charge in [-0.3, -0.25) is 19.5 Å². The van der Waals surface area contributed by atoms with Crippen LogP contribution in [0.3, 0.4) is 0 Å². The average molecular weight is 422 g/mol. The summed E-state index contributed by atoms with van der Waals surface area (Å²) in [4.78, 5) is 37.0. The Morgan fingerprint density at radius 2 is 2.00 bits per heavy atom. The number of carbonyl (C=O) groups excluding carboxylic acids is 1. The summed E-state index contributed by atoms with van der Waals surface area (Å²) in [7, 11) is 2.21. The fourth-order valence-electron chi connectivity index (χ4n) is 4.43. The van der Waals surface area contributed by atoms with E-state index < -0.39 is 0 Å². The normalized spacial score (nSPS) is 15.7. The van der Waals surface area contributed by atoms with Crippen molar-refractivity contribution >= 4 is 33.4 Å². The number of hydrogen-bond donors (Lipinski definition) is 2. The number of aromatic nitrogens is 2. The highest BCUT2D eigenvalue weighted by Crippen LogP contribution is 2.21. The van der Waals surface area contributed by atoms with Crippen LogP contribution in [0.1, 0.15) is 32.6 Å². The zero-order chi connectivity index (χ0) is 21.8. The number of fused-ring (bicyclic) bond motifs is 3. The first-order valence-corrected chi connectivity index (χ1v) is 11.2. The number of likely N-dealkylation sites (tertiary alicyclic amines) is 1. The Hall–Kier alpha value is -2.77. The molecular formula is C24H31N5O2. The molecule has 4 rings (SSSR count). The first-order chi connectivity index (χ1) is 15.0. The predicted molar refractivity (Wildman–Crippen MR) is 125 cm³/mol. The molecule has 0 unspecified atom stereocenters. The molecule has 1 amide bonds. The number of benzene rings is 1. The molecule has 0 aliphatic carbocycles. The molecular weight excluding hydrogens is 390 g/mol. The minimum Gasteiger partial charge on any atom is -0.324 e. The molecule has 7 nitrogen and oxygen atoms in total. The molecule has 0 bridgehead atoms. The number of H-pyrrole nitrogens is 1. The molecule has 1 aliphatic rings. The van der Waals surface area contributed by atoms with Gasteiger partial charge in [0.05, 0.1) is 29.5 Å². The minimum absolute atomic E-state index is 0.0536. The molecule has 2 aromatic heterocycles. The van der Waals surface area contributed by atoms with Crippen molar-refractivity contribution in [2.75, 3.05) is 38.5 Å². The minimum atomic E-state index is -0.153. The van der Waals surface area contributed by atoms with Gasteiger partial charge in [-0.05, 0) is 45.0 Å². The van der Waals surface area contributed by atoms with E-state index in [1.165, 1.54) is 12.8 Å². The Labute approximate surface area is 182 Å². The van der Waals surface area contributed by atoms with E-state index in [1.54, 1.807) is 18.3 Å². The summed E-state index contributed by atoms with van der Waals surface area (Å²) < 4.78 is 0. The van der Waals surface area contributed by atoms with Crippen LogP contribution in [-0.4, -0.2) is 64.9 Å². The van der Waals surface area contributed by atoms with Crippen molar-refractivity contribution in [3.63, 3.8) is 0 Å². The molecule has 0 spiro atoms. The van der Waals surface area contributed by atoms with Crippen LogP contribution in [0.25, 0.3) is 21.8 Å². The van der Waals surface area contributed by atoms with Crippen LogP contribution in [0.5, 0.6) is 0 Å². The Bertz CT molecular complexity index is 1120. The highest BCUT2D eigenvalue weighted by Gasteiger charge is 2.23. The van der Waals surface area contributed by atoms with E-state index in [9.17, 15) is 9.59 Å². The summed E-state index contributed by atoms with van der Waals surface area (Å²) in [5.74, 6) is -0.0536.